The summed E-state index contributed by atoms with van der Waals surface area (Å²) in [6.45, 7) is 2.29. The first kappa shape index (κ1) is 14.5. The Hall–Kier alpha value is -1.88. The molecule has 3 nitrogen and oxygen atoms in total. The number of halogens is 2. The van der Waals surface area contributed by atoms with Crippen molar-refractivity contribution >= 4 is 33.2 Å². The zero-order valence-electron chi connectivity index (χ0n) is 10.9. The maximum absolute atomic E-state index is 13.4. The lowest BCUT2D eigenvalue weighted by atomic mass is 10.1. The maximum Gasteiger partial charge on any atom is 0.258 e. The molecule has 2 aromatic rings. The van der Waals surface area contributed by atoms with Gasteiger partial charge in [0.15, 0.2) is 0 Å². The average Bonchev–Trinajstić information content (AvgIpc) is 2.40. The molecule has 0 spiro atoms. The predicted octanol–water partition coefficient (Wildman–Crippen LogP) is 3.84. The van der Waals surface area contributed by atoms with Gasteiger partial charge in [0, 0.05) is 16.6 Å². The normalized spacial score (nSPS) is 10.3. The first-order valence-electron chi connectivity index (χ1n) is 6.15. The van der Waals surface area contributed by atoms with Gasteiger partial charge < -0.3 is 10.6 Å². The molecule has 1 amide bonds. The van der Waals surface area contributed by atoms with Crippen LogP contribution >= 0.6 is 15.9 Å². The lowest BCUT2D eigenvalue weighted by molar-refractivity contribution is 0.0988. The van der Waals surface area contributed by atoms with Crippen LogP contribution in [-0.4, -0.2) is 12.5 Å². The number of hydrogen-bond acceptors (Lipinski definition) is 2. The molecule has 0 radical (unpaired) electrons. The van der Waals surface area contributed by atoms with Gasteiger partial charge in [-0.3, -0.25) is 4.79 Å². The molecule has 2 rings (SSSR count). The summed E-state index contributed by atoms with van der Waals surface area (Å²) in [4.78, 5) is 14.0. The van der Waals surface area contributed by atoms with Crippen molar-refractivity contribution in [3.05, 3.63) is 58.3 Å². The van der Waals surface area contributed by atoms with E-state index >= 15 is 0 Å². The van der Waals surface area contributed by atoms with Crippen molar-refractivity contribution in [2.45, 2.75) is 6.92 Å². The van der Waals surface area contributed by atoms with E-state index in [0.29, 0.717) is 22.4 Å². The quantitative estimate of drug-likeness (QED) is 0.865. The van der Waals surface area contributed by atoms with E-state index in [1.807, 2.05) is 13.0 Å². The van der Waals surface area contributed by atoms with Crippen LogP contribution in [0.3, 0.4) is 0 Å². The first-order valence-corrected chi connectivity index (χ1v) is 6.94. The number of anilines is 2. The number of rotatable bonds is 3. The third kappa shape index (κ3) is 2.99. The van der Waals surface area contributed by atoms with Crippen LogP contribution in [0.1, 0.15) is 17.3 Å². The first-order chi connectivity index (χ1) is 9.52. The van der Waals surface area contributed by atoms with Gasteiger partial charge in [0.05, 0.1) is 11.4 Å². The molecule has 0 fully saturated rings. The molecule has 20 heavy (non-hydrogen) atoms. The fraction of sp³-hybridized carbons (Fsp3) is 0.133. The molecule has 0 saturated carbocycles. The highest BCUT2D eigenvalue weighted by atomic mass is 79.9. The Morgan fingerprint density at radius 1 is 1.30 bits per heavy atom. The van der Waals surface area contributed by atoms with E-state index in [9.17, 15) is 9.18 Å². The Morgan fingerprint density at radius 3 is 2.60 bits per heavy atom. The van der Waals surface area contributed by atoms with E-state index in [1.165, 1.54) is 17.0 Å². The summed E-state index contributed by atoms with van der Waals surface area (Å²) in [6.07, 6.45) is 0. The van der Waals surface area contributed by atoms with Crippen LogP contribution in [0, 0.1) is 5.82 Å². The molecule has 0 heterocycles. The summed E-state index contributed by atoms with van der Waals surface area (Å²) in [6, 6.07) is 11.2. The smallest absolute Gasteiger partial charge is 0.258 e. The van der Waals surface area contributed by atoms with Crippen LogP contribution in [0.15, 0.2) is 46.9 Å². The van der Waals surface area contributed by atoms with Gasteiger partial charge in [0.25, 0.3) is 5.91 Å². The number of carbonyl (C=O) groups excluding carboxylic acids is 1. The Kier molecular flexibility index (Phi) is 4.39. The van der Waals surface area contributed by atoms with Crippen LogP contribution in [0.25, 0.3) is 0 Å². The maximum atomic E-state index is 13.4. The minimum Gasteiger partial charge on any atom is -0.397 e. The Morgan fingerprint density at radius 2 is 2.00 bits per heavy atom. The summed E-state index contributed by atoms with van der Waals surface area (Å²) in [7, 11) is 0. The van der Waals surface area contributed by atoms with Gasteiger partial charge >= 0.3 is 0 Å². The van der Waals surface area contributed by atoms with Crippen molar-refractivity contribution in [1.82, 2.24) is 0 Å². The van der Waals surface area contributed by atoms with Crippen molar-refractivity contribution < 1.29 is 9.18 Å². The highest BCUT2D eigenvalue weighted by molar-refractivity contribution is 9.10. The summed E-state index contributed by atoms with van der Waals surface area (Å²) in [5.41, 5.74) is 7.31. The molecule has 0 aliphatic carbocycles. The molecular formula is C15H14BrFN2O. The molecule has 0 atom stereocenters. The molecule has 0 aliphatic rings. The molecule has 5 heteroatoms. The Labute approximate surface area is 125 Å². The minimum absolute atomic E-state index is 0.280. The Bertz CT molecular complexity index is 625. The fourth-order valence-electron chi connectivity index (χ4n) is 1.99. The van der Waals surface area contributed by atoms with Crippen LogP contribution in [-0.2, 0) is 0 Å². The summed E-state index contributed by atoms with van der Waals surface area (Å²) < 4.78 is 13.9. The highest BCUT2D eigenvalue weighted by Crippen LogP contribution is 2.25. The molecule has 2 aromatic carbocycles. The third-order valence-corrected chi connectivity index (χ3v) is 3.36. The molecule has 0 aliphatic heterocycles. The van der Waals surface area contributed by atoms with E-state index in [0.717, 1.165) is 0 Å². The van der Waals surface area contributed by atoms with Gasteiger partial charge in [-0.1, -0.05) is 28.1 Å². The van der Waals surface area contributed by atoms with Crippen LogP contribution < -0.4 is 10.6 Å². The monoisotopic (exact) mass is 336 g/mol. The molecular weight excluding hydrogens is 323 g/mol. The second-order valence-electron chi connectivity index (χ2n) is 4.27. The topological polar surface area (TPSA) is 46.3 Å². The van der Waals surface area contributed by atoms with E-state index in [4.69, 9.17) is 5.73 Å². The highest BCUT2D eigenvalue weighted by Gasteiger charge is 2.18. The number of para-hydroxylation sites is 2. The number of nitrogens with zero attached hydrogens (tertiary/aromatic N) is 1. The minimum atomic E-state index is -0.459. The van der Waals surface area contributed by atoms with Crippen LogP contribution in [0.4, 0.5) is 15.8 Å². The summed E-state index contributed by atoms with van der Waals surface area (Å²) >= 11 is 3.19. The third-order valence-electron chi connectivity index (χ3n) is 2.90. The molecule has 0 saturated heterocycles. The number of hydrogen-bond donors (Lipinski definition) is 1. The lowest BCUT2D eigenvalue weighted by Gasteiger charge is -2.22. The molecule has 0 unspecified atom stereocenters. The van der Waals surface area contributed by atoms with Gasteiger partial charge in [0.1, 0.15) is 5.82 Å². The summed E-state index contributed by atoms with van der Waals surface area (Å²) in [5, 5.41) is 0. The second kappa shape index (κ2) is 6.05. The van der Waals surface area contributed by atoms with Gasteiger partial charge in [-0.15, -0.1) is 0 Å². The van der Waals surface area contributed by atoms with Gasteiger partial charge in [-0.2, -0.15) is 0 Å². The van der Waals surface area contributed by atoms with Gasteiger partial charge in [-0.05, 0) is 37.3 Å². The van der Waals surface area contributed by atoms with Crippen molar-refractivity contribution in [1.29, 1.82) is 0 Å². The number of benzene rings is 2. The van der Waals surface area contributed by atoms with Crippen LogP contribution in [0.2, 0.25) is 0 Å². The molecule has 104 valence electrons. The second-order valence-corrected chi connectivity index (χ2v) is 5.18. The molecule has 2 N–H and O–H groups in total. The van der Waals surface area contributed by atoms with Crippen molar-refractivity contribution in [3.63, 3.8) is 0 Å². The predicted molar refractivity (Wildman–Crippen MR) is 82.3 cm³/mol. The molecule has 0 bridgehead atoms. The molecule has 0 aromatic heterocycles. The van der Waals surface area contributed by atoms with E-state index in [2.05, 4.69) is 15.9 Å². The number of nitrogen functional groups attached to an aromatic ring is 1. The number of amides is 1. The zero-order valence-corrected chi connectivity index (χ0v) is 12.5. The number of nitrogens with two attached hydrogens (primary N) is 1. The van der Waals surface area contributed by atoms with Gasteiger partial charge in [0.2, 0.25) is 0 Å². The van der Waals surface area contributed by atoms with E-state index in [1.54, 1.807) is 24.3 Å². The number of carbonyl (C=O) groups is 1. The lowest BCUT2D eigenvalue weighted by Crippen LogP contribution is -2.31. The average molecular weight is 337 g/mol. The van der Waals surface area contributed by atoms with Crippen molar-refractivity contribution in [2.24, 2.45) is 0 Å². The largest absolute Gasteiger partial charge is 0.397 e. The zero-order chi connectivity index (χ0) is 14.7. The standard InChI is InChI=1S/C15H14BrFN2O/c1-2-19(14-6-4-3-5-13(14)18)15(20)10-7-11(16)9-12(17)8-10/h3-9H,2,18H2,1H3. The Balaban J connectivity index is 2.42. The summed E-state index contributed by atoms with van der Waals surface area (Å²) in [5.74, 6) is -0.745. The fourth-order valence-corrected chi connectivity index (χ4v) is 2.46. The van der Waals surface area contributed by atoms with E-state index in [-0.39, 0.29) is 11.5 Å². The van der Waals surface area contributed by atoms with E-state index < -0.39 is 5.82 Å². The van der Waals surface area contributed by atoms with Gasteiger partial charge in [-0.25, -0.2) is 4.39 Å². The van der Waals surface area contributed by atoms with Crippen molar-refractivity contribution in [3.8, 4) is 0 Å². The van der Waals surface area contributed by atoms with Crippen LogP contribution in [0.5, 0.6) is 0 Å². The SMILES string of the molecule is CCN(C(=O)c1cc(F)cc(Br)c1)c1ccccc1N. The van der Waals surface area contributed by atoms with Crippen molar-refractivity contribution in [2.75, 3.05) is 17.2 Å².